The number of methoxy groups -OCH3 is 1. The summed E-state index contributed by atoms with van der Waals surface area (Å²) < 4.78 is 33.8. The number of rotatable bonds is 5. The Morgan fingerprint density at radius 1 is 1.04 bits per heavy atom. The summed E-state index contributed by atoms with van der Waals surface area (Å²) in [7, 11) is -2.09. The first-order valence-corrected chi connectivity index (χ1v) is 9.87. The monoisotopic (exact) mass is 411 g/mol. The zero-order valence-corrected chi connectivity index (χ0v) is 16.9. The average molecular weight is 412 g/mol. The number of aryl methyl sites for hydroxylation is 3. The Morgan fingerprint density at radius 3 is 2.25 bits per heavy atom. The maximum Gasteiger partial charge on any atom is 0.241 e. The Bertz CT molecular complexity index is 863. The van der Waals surface area contributed by atoms with Gasteiger partial charge in [-0.15, -0.1) is 0 Å². The predicted octanol–water partition coefficient (Wildman–Crippen LogP) is 4.42. The molecule has 0 saturated carbocycles. The molecular weight excluding hydrogens is 390 g/mol. The van der Waals surface area contributed by atoms with Crippen LogP contribution >= 0.6 is 15.9 Å². The molecule has 0 aromatic heterocycles. The van der Waals surface area contributed by atoms with E-state index in [1.807, 2.05) is 26.8 Å². The van der Waals surface area contributed by atoms with E-state index in [9.17, 15) is 8.42 Å². The van der Waals surface area contributed by atoms with E-state index in [-0.39, 0.29) is 10.9 Å². The van der Waals surface area contributed by atoms with Gasteiger partial charge in [0.15, 0.2) is 0 Å². The molecule has 0 fully saturated rings. The summed E-state index contributed by atoms with van der Waals surface area (Å²) in [6.45, 7) is 7.93. The van der Waals surface area contributed by atoms with Crippen molar-refractivity contribution < 1.29 is 13.2 Å². The molecule has 0 amide bonds. The molecule has 2 aromatic carbocycles. The van der Waals surface area contributed by atoms with E-state index < -0.39 is 10.0 Å². The molecule has 0 aliphatic rings. The Morgan fingerprint density at radius 2 is 1.67 bits per heavy atom. The van der Waals surface area contributed by atoms with Gasteiger partial charge in [0.25, 0.3) is 0 Å². The molecule has 0 aliphatic heterocycles. The summed E-state index contributed by atoms with van der Waals surface area (Å²) >= 11 is 3.32. The van der Waals surface area contributed by atoms with Gasteiger partial charge in [0.1, 0.15) is 5.75 Å². The van der Waals surface area contributed by atoms with Gasteiger partial charge in [-0.05, 0) is 84.1 Å². The van der Waals surface area contributed by atoms with Gasteiger partial charge in [0.2, 0.25) is 10.0 Å². The largest absolute Gasteiger partial charge is 0.496 e. The van der Waals surface area contributed by atoms with Crippen molar-refractivity contribution in [3.8, 4) is 5.75 Å². The summed E-state index contributed by atoms with van der Waals surface area (Å²) in [6.07, 6.45) is 0. The second-order valence-corrected chi connectivity index (χ2v) is 8.50. The van der Waals surface area contributed by atoms with Crippen molar-refractivity contribution in [1.82, 2.24) is 4.72 Å². The van der Waals surface area contributed by atoms with Crippen LogP contribution in [0.4, 0.5) is 0 Å². The Balaban J connectivity index is 2.32. The minimum Gasteiger partial charge on any atom is -0.496 e. The highest BCUT2D eigenvalue weighted by Gasteiger charge is 2.21. The van der Waals surface area contributed by atoms with E-state index in [1.165, 1.54) is 18.7 Å². The zero-order valence-electron chi connectivity index (χ0n) is 14.5. The van der Waals surface area contributed by atoms with Crippen LogP contribution in [0.15, 0.2) is 39.7 Å². The fraction of sp³-hybridized carbons (Fsp3) is 0.333. The normalized spacial score (nSPS) is 12.9. The van der Waals surface area contributed by atoms with Crippen molar-refractivity contribution >= 4 is 26.0 Å². The lowest BCUT2D eigenvalue weighted by molar-refractivity contribution is 0.411. The average Bonchev–Trinajstić information content (AvgIpc) is 2.50. The number of hydrogen-bond donors (Lipinski definition) is 1. The Hall–Kier alpha value is -1.37. The molecular formula is C18H22BrNO3S. The fourth-order valence-corrected chi connectivity index (χ4v) is 4.57. The number of ether oxygens (including phenoxy) is 1. The van der Waals surface area contributed by atoms with E-state index in [0.29, 0.717) is 10.2 Å². The van der Waals surface area contributed by atoms with Crippen molar-refractivity contribution in [3.05, 3.63) is 57.1 Å². The molecule has 2 rings (SSSR count). The number of halogens is 1. The summed E-state index contributed by atoms with van der Waals surface area (Å²) in [5.41, 5.74) is 4.40. The van der Waals surface area contributed by atoms with Gasteiger partial charge in [-0.2, -0.15) is 0 Å². The molecule has 4 nitrogen and oxygen atoms in total. The van der Waals surface area contributed by atoms with E-state index in [4.69, 9.17) is 4.74 Å². The molecule has 24 heavy (non-hydrogen) atoms. The van der Waals surface area contributed by atoms with Crippen molar-refractivity contribution in [3.63, 3.8) is 0 Å². The second-order valence-electron chi connectivity index (χ2n) is 5.93. The van der Waals surface area contributed by atoms with Gasteiger partial charge in [0.05, 0.1) is 16.5 Å². The number of sulfonamides is 1. The quantitative estimate of drug-likeness (QED) is 0.791. The smallest absolute Gasteiger partial charge is 0.241 e. The molecule has 130 valence electrons. The van der Waals surface area contributed by atoms with E-state index in [2.05, 4.69) is 33.6 Å². The van der Waals surface area contributed by atoms with Crippen molar-refractivity contribution in [2.75, 3.05) is 7.11 Å². The first kappa shape index (κ1) is 19.0. The van der Waals surface area contributed by atoms with Crippen LogP contribution in [0, 0.1) is 20.8 Å². The van der Waals surface area contributed by atoms with Gasteiger partial charge < -0.3 is 4.74 Å². The molecule has 0 heterocycles. The molecule has 0 radical (unpaired) electrons. The van der Waals surface area contributed by atoms with Crippen LogP contribution in [0.25, 0.3) is 0 Å². The minimum atomic E-state index is -3.63. The highest BCUT2D eigenvalue weighted by atomic mass is 79.9. The fourth-order valence-electron chi connectivity index (χ4n) is 2.63. The molecule has 1 N–H and O–H groups in total. The molecule has 6 heteroatoms. The van der Waals surface area contributed by atoms with Crippen molar-refractivity contribution in [2.45, 2.75) is 38.6 Å². The Kier molecular flexibility index (Phi) is 5.73. The minimum absolute atomic E-state index is 0.198. The molecule has 0 spiro atoms. The predicted molar refractivity (Wildman–Crippen MR) is 100 cm³/mol. The molecule has 0 unspecified atom stereocenters. The molecule has 2 aromatic rings. The lowest BCUT2D eigenvalue weighted by atomic mass is 9.97. The van der Waals surface area contributed by atoms with Crippen LogP contribution in [-0.2, 0) is 10.0 Å². The topological polar surface area (TPSA) is 55.4 Å². The van der Waals surface area contributed by atoms with Crippen LogP contribution in [-0.4, -0.2) is 15.5 Å². The van der Waals surface area contributed by atoms with E-state index in [1.54, 1.807) is 12.1 Å². The second kappa shape index (κ2) is 7.25. The van der Waals surface area contributed by atoms with Gasteiger partial charge in [-0.1, -0.05) is 12.1 Å². The zero-order chi connectivity index (χ0) is 18.1. The first-order valence-electron chi connectivity index (χ1n) is 7.59. The highest BCUT2D eigenvalue weighted by Crippen LogP contribution is 2.29. The molecule has 1 atom stereocenters. The van der Waals surface area contributed by atoms with E-state index >= 15 is 0 Å². The SMILES string of the molecule is COc1ccc(S(=O)(=O)N[C@H](C)c2cc(C)c(C)cc2C)cc1Br. The maximum atomic E-state index is 12.7. The summed E-state index contributed by atoms with van der Waals surface area (Å²) in [6, 6.07) is 8.51. The van der Waals surface area contributed by atoms with Crippen LogP contribution in [0.3, 0.4) is 0 Å². The van der Waals surface area contributed by atoms with Crippen molar-refractivity contribution in [2.24, 2.45) is 0 Å². The summed E-state index contributed by atoms with van der Waals surface area (Å²) in [5, 5.41) is 0. The third-order valence-electron chi connectivity index (χ3n) is 4.11. The molecule has 0 bridgehead atoms. The van der Waals surface area contributed by atoms with Gasteiger partial charge >= 0.3 is 0 Å². The number of benzene rings is 2. The summed E-state index contributed by atoms with van der Waals surface area (Å²) in [4.78, 5) is 0.198. The number of nitrogens with one attached hydrogen (secondary N) is 1. The van der Waals surface area contributed by atoms with E-state index in [0.717, 1.165) is 16.7 Å². The van der Waals surface area contributed by atoms with Gasteiger partial charge in [-0.3, -0.25) is 0 Å². The summed E-state index contributed by atoms with van der Waals surface area (Å²) in [5.74, 6) is 0.590. The van der Waals surface area contributed by atoms with Crippen LogP contribution in [0.1, 0.15) is 35.2 Å². The van der Waals surface area contributed by atoms with Gasteiger partial charge in [-0.25, -0.2) is 13.1 Å². The highest BCUT2D eigenvalue weighted by molar-refractivity contribution is 9.10. The van der Waals surface area contributed by atoms with Crippen LogP contribution in [0.2, 0.25) is 0 Å². The molecule has 0 saturated heterocycles. The maximum absolute atomic E-state index is 12.7. The van der Waals surface area contributed by atoms with Crippen LogP contribution in [0.5, 0.6) is 5.75 Å². The first-order chi connectivity index (χ1) is 11.2. The lowest BCUT2D eigenvalue weighted by Gasteiger charge is -2.19. The third kappa shape index (κ3) is 3.99. The van der Waals surface area contributed by atoms with Gasteiger partial charge in [0, 0.05) is 6.04 Å². The third-order valence-corrected chi connectivity index (χ3v) is 6.27. The standard InChI is InChI=1S/C18H22BrNO3S/c1-11-8-13(3)16(9-12(11)2)14(4)20-24(21,22)15-6-7-18(23-5)17(19)10-15/h6-10,14,20H,1-5H3/t14-/m1/s1. The van der Waals surface area contributed by atoms with Crippen molar-refractivity contribution in [1.29, 1.82) is 0 Å². The lowest BCUT2D eigenvalue weighted by Crippen LogP contribution is -2.27. The number of hydrogen-bond acceptors (Lipinski definition) is 3. The van der Waals surface area contributed by atoms with Crippen LogP contribution < -0.4 is 9.46 Å². The Labute approximate surface area is 152 Å². The molecule has 0 aliphatic carbocycles.